The molecule has 72 valence electrons. The Morgan fingerprint density at radius 2 is 1.67 bits per heavy atom. The summed E-state index contributed by atoms with van der Waals surface area (Å²) >= 11 is 1.26. The summed E-state index contributed by atoms with van der Waals surface area (Å²) in [6.07, 6.45) is 2.84. The molecule has 4 nitrogen and oxygen atoms in total. The van der Waals surface area contributed by atoms with Crippen LogP contribution in [0.3, 0.4) is 0 Å². The number of nitrogens with zero attached hydrogens (tertiary/aromatic N) is 2. The average Bonchev–Trinajstić information content (AvgIpc) is 2.75. The number of aromatic nitrogens is 2. The number of carbonyl (C=O) groups is 2. The van der Waals surface area contributed by atoms with Crippen molar-refractivity contribution in [1.29, 1.82) is 0 Å². The van der Waals surface area contributed by atoms with Crippen molar-refractivity contribution < 1.29 is 9.59 Å². The van der Waals surface area contributed by atoms with Crippen molar-refractivity contribution in [2.75, 3.05) is 0 Å². The van der Waals surface area contributed by atoms with Crippen LogP contribution in [0.5, 0.6) is 0 Å². The van der Waals surface area contributed by atoms with E-state index in [2.05, 4.69) is 9.97 Å². The Morgan fingerprint density at radius 1 is 1.00 bits per heavy atom. The minimum Gasteiger partial charge on any atom is -0.287 e. The monoisotopic (exact) mass is 216 g/mol. The lowest BCUT2D eigenvalue weighted by Crippen LogP contribution is -2.21. The third-order valence-electron chi connectivity index (χ3n) is 2.24. The Hall–Kier alpha value is -1.88. The van der Waals surface area contributed by atoms with Crippen molar-refractivity contribution >= 4 is 22.9 Å². The number of hydrogen-bond donors (Lipinski definition) is 0. The molecule has 0 saturated heterocycles. The normalized spacial score (nSPS) is 13.6. The first-order chi connectivity index (χ1) is 7.29. The second-order valence-corrected chi connectivity index (χ2v) is 3.99. The third kappa shape index (κ3) is 1.01. The highest BCUT2D eigenvalue weighted by Gasteiger charge is 2.32. The van der Waals surface area contributed by atoms with Crippen LogP contribution >= 0.6 is 11.3 Å². The van der Waals surface area contributed by atoms with Crippen LogP contribution in [0.1, 0.15) is 31.4 Å². The SMILES string of the molecule is O=C1c2ccsc2C(=O)c2nccnc21. The van der Waals surface area contributed by atoms with Crippen molar-refractivity contribution in [3.63, 3.8) is 0 Å². The highest BCUT2D eigenvalue weighted by molar-refractivity contribution is 7.12. The molecule has 0 unspecified atom stereocenters. The van der Waals surface area contributed by atoms with Crippen LogP contribution in [0.15, 0.2) is 23.8 Å². The molecule has 2 aromatic heterocycles. The molecular weight excluding hydrogens is 212 g/mol. The highest BCUT2D eigenvalue weighted by atomic mass is 32.1. The van der Waals surface area contributed by atoms with Gasteiger partial charge in [-0.25, -0.2) is 9.97 Å². The smallest absolute Gasteiger partial charge is 0.224 e. The van der Waals surface area contributed by atoms with Gasteiger partial charge in [0.15, 0.2) is 0 Å². The topological polar surface area (TPSA) is 59.9 Å². The number of ketones is 2. The number of carbonyl (C=O) groups excluding carboxylic acids is 2. The summed E-state index contributed by atoms with van der Waals surface area (Å²) in [5, 5.41) is 1.73. The first-order valence-corrected chi connectivity index (χ1v) is 5.15. The zero-order valence-corrected chi connectivity index (χ0v) is 8.25. The quantitative estimate of drug-likeness (QED) is 0.568. The zero-order valence-electron chi connectivity index (χ0n) is 7.43. The molecule has 5 heteroatoms. The van der Waals surface area contributed by atoms with Crippen LogP contribution in [0.2, 0.25) is 0 Å². The number of rotatable bonds is 0. The maximum atomic E-state index is 11.9. The van der Waals surface area contributed by atoms with Gasteiger partial charge in [0.2, 0.25) is 11.6 Å². The number of fused-ring (bicyclic) bond motifs is 2. The fourth-order valence-corrected chi connectivity index (χ4v) is 2.40. The van der Waals surface area contributed by atoms with Crippen molar-refractivity contribution in [2.24, 2.45) is 0 Å². The Morgan fingerprint density at radius 3 is 2.40 bits per heavy atom. The molecule has 0 atom stereocenters. The van der Waals surface area contributed by atoms with Crippen LogP contribution in [-0.4, -0.2) is 21.5 Å². The van der Waals surface area contributed by atoms with Crippen LogP contribution in [-0.2, 0) is 0 Å². The summed E-state index contributed by atoms with van der Waals surface area (Å²) < 4.78 is 0. The largest absolute Gasteiger partial charge is 0.287 e. The van der Waals surface area contributed by atoms with Gasteiger partial charge in [-0.05, 0) is 11.4 Å². The third-order valence-corrected chi connectivity index (χ3v) is 3.16. The van der Waals surface area contributed by atoms with E-state index >= 15 is 0 Å². The van der Waals surface area contributed by atoms with E-state index < -0.39 is 0 Å². The van der Waals surface area contributed by atoms with Gasteiger partial charge >= 0.3 is 0 Å². The van der Waals surface area contributed by atoms with E-state index in [1.165, 1.54) is 23.7 Å². The molecule has 0 fully saturated rings. The predicted molar refractivity (Wildman–Crippen MR) is 53.2 cm³/mol. The van der Waals surface area contributed by atoms with E-state index in [1.54, 1.807) is 11.4 Å². The summed E-state index contributed by atoms with van der Waals surface area (Å²) in [5.41, 5.74) is 0.767. The van der Waals surface area contributed by atoms with E-state index in [9.17, 15) is 9.59 Å². The minimum atomic E-state index is -0.214. The van der Waals surface area contributed by atoms with E-state index in [-0.39, 0.29) is 23.0 Å². The molecule has 0 aromatic carbocycles. The van der Waals surface area contributed by atoms with Gasteiger partial charge in [-0.15, -0.1) is 11.3 Å². The fourth-order valence-electron chi connectivity index (χ4n) is 1.57. The molecule has 0 amide bonds. The maximum absolute atomic E-state index is 11.9. The molecule has 1 aliphatic carbocycles. The molecule has 0 N–H and O–H groups in total. The Labute approximate surface area is 88.6 Å². The zero-order chi connectivity index (χ0) is 10.4. The Kier molecular flexibility index (Phi) is 1.58. The lowest BCUT2D eigenvalue weighted by Gasteiger charge is -2.10. The van der Waals surface area contributed by atoms with E-state index in [0.29, 0.717) is 10.4 Å². The van der Waals surface area contributed by atoms with E-state index in [4.69, 9.17) is 0 Å². The summed E-state index contributed by atoms with van der Waals surface area (Å²) in [4.78, 5) is 32.0. The summed E-state index contributed by atoms with van der Waals surface area (Å²) in [6, 6.07) is 1.65. The van der Waals surface area contributed by atoms with Gasteiger partial charge < -0.3 is 0 Å². The number of hydrogen-bond acceptors (Lipinski definition) is 5. The molecule has 1 aliphatic rings. The van der Waals surface area contributed by atoms with Crippen LogP contribution in [0, 0.1) is 0 Å². The van der Waals surface area contributed by atoms with Gasteiger partial charge in [-0.1, -0.05) is 0 Å². The van der Waals surface area contributed by atoms with Crippen LogP contribution < -0.4 is 0 Å². The Bertz CT molecular complexity index is 539. The van der Waals surface area contributed by atoms with Gasteiger partial charge in [-0.2, -0.15) is 0 Å². The van der Waals surface area contributed by atoms with Crippen molar-refractivity contribution in [1.82, 2.24) is 9.97 Å². The maximum Gasteiger partial charge on any atom is 0.224 e. The molecule has 2 aromatic rings. The molecule has 0 aliphatic heterocycles. The van der Waals surface area contributed by atoms with Crippen molar-refractivity contribution in [3.8, 4) is 0 Å². The second-order valence-electron chi connectivity index (χ2n) is 3.08. The molecule has 0 spiro atoms. The van der Waals surface area contributed by atoms with Gasteiger partial charge in [0, 0.05) is 18.0 Å². The lowest BCUT2D eigenvalue weighted by molar-refractivity contribution is 0.0975. The molecule has 0 bridgehead atoms. The van der Waals surface area contributed by atoms with Crippen LogP contribution in [0.25, 0.3) is 0 Å². The van der Waals surface area contributed by atoms with Gasteiger partial charge in [0.05, 0.1) is 4.88 Å². The molecular formula is C10H4N2O2S. The fraction of sp³-hybridized carbons (Fsp3) is 0. The molecule has 0 radical (unpaired) electrons. The van der Waals surface area contributed by atoms with Crippen molar-refractivity contribution in [2.45, 2.75) is 0 Å². The predicted octanol–water partition coefficient (Wildman–Crippen LogP) is 1.31. The van der Waals surface area contributed by atoms with Gasteiger partial charge in [-0.3, -0.25) is 9.59 Å². The van der Waals surface area contributed by atoms with Crippen LogP contribution in [0.4, 0.5) is 0 Å². The van der Waals surface area contributed by atoms with Gasteiger partial charge in [0.1, 0.15) is 11.4 Å². The second kappa shape index (κ2) is 2.80. The molecule has 0 saturated carbocycles. The standard InChI is InChI=1S/C10H4N2O2S/c13-8-5-1-4-15-10(5)9(14)7-6(8)11-2-3-12-7/h1-4H. The summed E-state index contributed by atoms with van der Waals surface area (Å²) in [5.74, 6) is -0.420. The average molecular weight is 216 g/mol. The Balaban J connectivity index is 2.36. The van der Waals surface area contributed by atoms with E-state index in [1.807, 2.05) is 0 Å². The molecule has 15 heavy (non-hydrogen) atoms. The molecule has 2 heterocycles. The molecule has 3 rings (SSSR count). The first-order valence-electron chi connectivity index (χ1n) is 4.27. The van der Waals surface area contributed by atoms with Crippen molar-refractivity contribution in [3.05, 3.63) is 45.7 Å². The lowest BCUT2D eigenvalue weighted by atomic mass is 9.97. The summed E-state index contributed by atoms with van der Waals surface area (Å²) in [6.45, 7) is 0. The highest BCUT2D eigenvalue weighted by Crippen LogP contribution is 2.28. The van der Waals surface area contributed by atoms with E-state index in [0.717, 1.165) is 0 Å². The van der Waals surface area contributed by atoms with Gasteiger partial charge in [0.25, 0.3) is 0 Å². The summed E-state index contributed by atoms with van der Waals surface area (Å²) in [7, 11) is 0. The number of thiophene rings is 1. The first kappa shape index (κ1) is 8.43. The minimum absolute atomic E-state index is 0.161.